The molecule has 1 aliphatic heterocycles. The van der Waals surface area contributed by atoms with Crippen LogP contribution in [0.5, 0.6) is 0 Å². The third kappa shape index (κ3) is 22.8. The Morgan fingerprint density at radius 2 is 1.00 bits per heavy atom. The highest BCUT2D eigenvalue weighted by molar-refractivity contribution is 7.80. The third-order valence-corrected chi connectivity index (χ3v) is 9.34. The van der Waals surface area contributed by atoms with E-state index in [4.69, 9.17) is 38.6 Å². The van der Waals surface area contributed by atoms with Crippen molar-refractivity contribution in [2.45, 2.75) is 205 Å². The van der Waals surface area contributed by atoms with E-state index in [-0.39, 0.29) is 13.2 Å². The summed E-state index contributed by atoms with van der Waals surface area (Å²) < 4.78 is 17.1. The molecule has 254 valence electrons. The molecule has 0 aliphatic carbocycles. The molecule has 1 heterocycles. The smallest absolute Gasteiger partial charge is 0.160 e. The van der Waals surface area contributed by atoms with E-state index >= 15 is 0 Å². The van der Waals surface area contributed by atoms with Gasteiger partial charge in [-0.1, -0.05) is 155 Å². The SMILES string of the molecule is CCCCCCCCCCCCCCC(=S)OC[C@@H](O)[C@@H]1OC[C@H](OC(=S)CCCCCCCCCCCCCC)[C@@H]1O. The largest absolute Gasteiger partial charge is 0.484 e. The highest BCUT2D eigenvalue weighted by Gasteiger charge is 2.42. The molecule has 1 aliphatic rings. The summed E-state index contributed by atoms with van der Waals surface area (Å²) in [4.78, 5) is 0. The van der Waals surface area contributed by atoms with Gasteiger partial charge in [0.25, 0.3) is 0 Å². The quantitative estimate of drug-likeness (QED) is 0.0596. The molecule has 0 aromatic carbocycles. The first-order valence-electron chi connectivity index (χ1n) is 18.3. The minimum absolute atomic E-state index is 0.0227. The maximum Gasteiger partial charge on any atom is 0.160 e. The first-order valence-corrected chi connectivity index (χ1v) is 19.1. The molecule has 0 aromatic rings. The van der Waals surface area contributed by atoms with E-state index < -0.39 is 24.4 Å². The molecule has 2 N–H and O–H groups in total. The maximum absolute atomic E-state index is 10.7. The number of rotatable bonds is 30. The minimum Gasteiger partial charge on any atom is -0.484 e. The Morgan fingerprint density at radius 3 is 1.42 bits per heavy atom. The van der Waals surface area contributed by atoms with Crippen molar-refractivity contribution in [1.29, 1.82) is 0 Å². The predicted octanol–water partition coefficient (Wildman–Crippen LogP) is 10.3. The third-order valence-electron chi connectivity index (χ3n) is 8.72. The van der Waals surface area contributed by atoms with Gasteiger partial charge in [0, 0.05) is 12.8 Å². The van der Waals surface area contributed by atoms with E-state index in [1.54, 1.807) is 0 Å². The molecule has 7 heteroatoms. The Bertz CT molecular complexity index is 662. The van der Waals surface area contributed by atoms with Crippen LogP contribution in [-0.2, 0) is 14.2 Å². The van der Waals surface area contributed by atoms with Crippen molar-refractivity contribution >= 4 is 34.5 Å². The topological polar surface area (TPSA) is 68.2 Å². The summed E-state index contributed by atoms with van der Waals surface area (Å²) in [6, 6.07) is 0. The average molecular weight is 645 g/mol. The summed E-state index contributed by atoms with van der Waals surface area (Å²) in [6.45, 7) is 4.77. The summed E-state index contributed by atoms with van der Waals surface area (Å²) >= 11 is 10.8. The van der Waals surface area contributed by atoms with Crippen molar-refractivity contribution in [3.63, 3.8) is 0 Å². The van der Waals surface area contributed by atoms with Crippen molar-refractivity contribution in [3.8, 4) is 0 Å². The average Bonchev–Trinajstić information content (AvgIpc) is 3.36. The molecule has 1 rings (SSSR count). The van der Waals surface area contributed by atoms with Crippen LogP contribution in [0, 0.1) is 0 Å². The van der Waals surface area contributed by atoms with Gasteiger partial charge in [0.2, 0.25) is 0 Å². The van der Waals surface area contributed by atoms with E-state index in [1.165, 1.54) is 128 Å². The molecule has 0 saturated carbocycles. The van der Waals surface area contributed by atoms with Crippen molar-refractivity contribution in [1.82, 2.24) is 0 Å². The fourth-order valence-electron chi connectivity index (χ4n) is 5.85. The Labute approximate surface area is 276 Å². The van der Waals surface area contributed by atoms with Gasteiger partial charge in [0.05, 0.1) is 6.61 Å². The predicted molar refractivity (Wildman–Crippen MR) is 189 cm³/mol. The molecule has 0 aromatic heterocycles. The number of unbranched alkanes of at least 4 members (excludes halogenated alkanes) is 22. The van der Waals surface area contributed by atoms with E-state index in [1.807, 2.05) is 0 Å². The van der Waals surface area contributed by atoms with Gasteiger partial charge in [0.15, 0.2) is 16.2 Å². The van der Waals surface area contributed by atoms with Gasteiger partial charge in [-0.3, -0.25) is 0 Å². The molecule has 0 bridgehead atoms. The Balaban J connectivity index is 2.00. The van der Waals surface area contributed by atoms with Crippen LogP contribution >= 0.6 is 24.4 Å². The molecular formula is C36H68O5S2. The summed E-state index contributed by atoms with van der Waals surface area (Å²) in [5, 5.41) is 22.3. The number of hydrogen-bond donors (Lipinski definition) is 2. The second-order valence-corrected chi connectivity index (χ2v) is 13.8. The summed E-state index contributed by atoms with van der Waals surface area (Å²) in [5.74, 6) is 0. The van der Waals surface area contributed by atoms with Gasteiger partial charge in [-0.25, -0.2) is 0 Å². The first kappa shape index (κ1) is 40.7. The monoisotopic (exact) mass is 644 g/mol. The highest BCUT2D eigenvalue weighted by atomic mass is 32.1. The van der Waals surface area contributed by atoms with Gasteiger partial charge in [-0.15, -0.1) is 0 Å². The normalized spacial score (nSPS) is 19.0. The van der Waals surface area contributed by atoms with Crippen LogP contribution in [0.1, 0.15) is 181 Å². The second kappa shape index (κ2) is 29.1. The van der Waals surface area contributed by atoms with Gasteiger partial charge in [-0.05, 0) is 37.3 Å². The van der Waals surface area contributed by atoms with Crippen molar-refractivity contribution < 1.29 is 24.4 Å². The van der Waals surface area contributed by atoms with E-state index in [0.29, 0.717) is 10.1 Å². The zero-order valence-corrected chi connectivity index (χ0v) is 29.7. The van der Waals surface area contributed by atoms with Crippen LogP contribution in [0.15, 0.2) is 0 Å². The molecule has 1 saturated heterocycles. The van der Waals surface area contributed by atoms with Gasteiger partial charge in [-0.2, -0.15) is 0 Å². The molecule has 5 nitrogen and oxygen atoms in total. The van der Waals surface area contributed by atoms with Crippen molar-refractivity contribution in [3.05, 3.63) is 0 Å². The van der Waals surface area contributed by atoms with Crippen LogP contribution in [0.3, 0.4) is 0 Å². The second-order valence-electron chi connectivity index (χ2n) is 12.8. The zero-order chi connectivity index (χ0) is 31.4. The number of aliphatic hydroxyl groups is 2. The van der Waals surface area contributed by atoms with Crippen LogP contribution in [0.4, 0.5) is 0 Å². The lowest BCUT2D eigenvalue weighted by Crippen LogP contribution is -2.42. The molecule has 0 amide bonds. The Kier molecular flexibility index (Phi) is 27.5. The first-order chi connectivity index (χ1) is 21.0. The Morgan fingerprint density at radius 1 is 0.628 bits per heavy atom. The van der Waals surface area contributed by atoms with Crippen LogP contribution in [0.2, 0.25) is 0 Å². The lowest BCUT2D eigenvalue weighted by Gasteiger charge is -2.23. The van der Waals surface area contributed by atoms with E-state index in [9.17, 15) is 10.2 Å². The van der Waals surface area contributed by atoms with Crippen molar-refractivity contribution in [2.75, 3.05) is 13.2 Å². The number of ether oxygens (including phenoxy) is 3. The number of hydrogen-bond acceptors (Lipinski definition) is 7. The van der Waals surface area contributed by atoms with Gasteiger partial charge >= 0.3 is 0 Å². The molecule has 0 unspecified atom stereocenters. The standard InChI is InChI=1S/C36H68O5S2/c1-3-5-7-9-11-13-15-17-19-21-23-25-27-33(42)39-29-31(37)36-35(38)32(30-40-36)41-34(43)28-26-24-22-20-18-16-14-12-10-8-6-4-2/h31-32,35-38H,3-30H2,1-2H3/t31-,32+,35+,36+/m1/s1. The molecular weight excluding hydrogens is 577 g/mol. The molecule has 0 radical (unpaired) electrons. The Hall–Kier alpha value is -0.340. The highest BCUT2D eigenvalue weighted by Crippen LogP contribution is 2.22. The summed E-state index contributed by atoms with van der Waals surface area (Å²) in [5.41, 5.74) is 0. The fourth-order valence-corrected chi connectivity index (χ4v) is 6.33. The van der Waals surface area contributed by atoms with Gasteiger partial charge in [0.1, 0.15) is 24.9 Å². The summed E-state index contributed by atoms with van der Waals surface area (Å²) in [6.07, 6.45) is 29.5. The maximum atomic E-state index is 10.7. The van der Waals surface area contributed by atoms with Crippen LogP contribution in [-0.4, -0.2) is 57.9 Å². The molecule has 4 atom stereocenters. The summed E-state index contributed by atoms with van der Waals surface area (Å²) in [7, 11) is 0. The molecule has 1 fully saturated rings. The number of thiocarbonyl (C=S) groups is 2. The van der Waals surface area contributed by atoms with Crippen LogP contribution in [0.25, 0.3) is 0 Å². The number of aliphatic hydroxyl groups excluding tert-OH is 2. The lowest BCUT2D eigenvalue weighted by molar-refractivity contribution is -0.0657. The van der Waals surface area contributed by atoms with Crippen molar-refractivity contribution in [2.24, 2.45) is 0 Å². The fraction of sp³-hybridized carbons (Fsp3) is 0.944. The van der Waals surface area contributed by atoms with Crippen LogP contribution < -0.4 is 0 Å². The zero-order valence-electron chi connectivity index (χ0n) is 28.0. The lowest BCUT2D eigenvalue weighted by atomic mass is 10.0. The molecule has 0 spiro atoms. The molecule has 43 heavy (non-hydrogen) atoms. The van der Waals surface area contributed by atoms with E-state index in [2.05, 4.69) is 13.8 Å². The van der Waals surface area contributed by atoms with E-state index in [0.717, 1.165) is 38.5 Å². The van der Waals surface area contributed by atoms with Gasteiger partial charge < -0.3 is 24.4 Å². The minimum atomic E-state index is -0.964.